The van der Waals surface area contributed by atoms with Gasteiger partial charge in [-0.3, -0.25) is 0 Å². The number of benzene rings is 1. The molecule has 6 nitrogen and oxygen atoms in total. The Morgan fingerprint density at radius 1 is 0.553 bits per heavy atom. The van der Waals surface area contributed by atoms with Crippen molar-refractivity contribution < 1.29 is 28.4 Å². The minimum absolute atomic E-state index is 0.0874. The maximum absolute atomic E-state index is 7.04. The van der Waals surface area contributed by atoms with E-state index in [-0.39, 0.29) is 5.92 Å². The minimum Gasteiger partial charge on any atom is -0.343 e. The molecular formula is C30H44O6P2. The molecule has 8 saturated heterocycles. The van der Waals surface area contributed by atoms with Crippen LogP contribution in [0.1, 0.15) is 98.1 Å². The van der Waals surface area contributed by atoms with Gasteiger partial charge >= 0.3 is 0 Å². The Kier molecular flexibility index (Phi) is 4.85. The number of hydrogen-bond acceptors (Lipinski definition) is 6. The number of aryl methyl sites for hydroxylation is 1. The molecule has 8 heterocycles. The van der Waals surface area contributed by atoms with Crippen molar-refractivity contribution in [2.75, 3.05) is 0 Å². The van der Waals surface area contributed by atoms with Crippen molar-refractivity contribution in [3.63, 3.8) is 0 Å². The highest BCUT2D eigenvalue weighted by Crippen LogP contribution is 2.78. The van der Waals surface area contributed by atoms with E-state index in [4.69, 9.17) is 28.4 Å². The summed E-state index contributed by atoms with van der Waals surface area (Å²) in [5, 5.41) is -1.10. The van der Waals surface area contributed by atoms with Crippen LogP contribution in [0.15, 0.2) is 24.3 Å². The maximum Gasteiger partial charge on any atom is 0.172 e. The van der Waals surface area contributed by atoms with E-state index >= 15 is 0 Å². The van der Waals surface area contributed by atoms with Crippen LogP contribution >= 0.6 is 18.5 Å². The van der Waals surface area contributed by atoms with Crippen molar-refractivity contribution in [2.24, 2.45) is 0 Å². The predicted octanol–water partition coefficient (Wildman–Crippen LogP) is 5.95. The average Bonchev–Trinajstić information content (AvgIpc) is 2.67. The molecule has 8 aliphatic heterocycles. The molecule has 8 heteroatoms. The van der Waals surface area contributed by atoms with Gasteiger partial charge in [-0.05, 0) is 73.4 Å². The van der Waals surface area contributed by atoms with Crippen LogP contribution in [0.4, 0.5) is 0 Å². The van der Waals surface area contributed by atoms with Gasteiger partial charge in [0, 0.05) is 31.6 Å². The molecule has 8 bridgehead atoms. The van der Waals surface area contributed by atoms with E-state index in [1.165, 1.54) is 11.1 Å². The molecule has 0 N–H and O–H groups in total. The van der Waals surface area contributed by atoms with E-state index in [1.54, 1.807) is 0 Å². The van der Waals surface area contributed by atoms with Gasteiger partial charge < -0.3 is 28.4 Å². The lowest BCUT2D eigenvalue weighted by atomic mass is 9.48. The minimum atomic E-state index is -0.710. The third kappa shape index (κ3) is 2.88. The third-order valence-electron chi connectivity index (χ3n) is 11.2. The number of hydrogen-bond donors (Lipinski definition) is 0. The van der Waals surface area contributed by atoms with Gasteiger partial charge in [-0.2, -0.15) is 0 Å². The lowest BCUT2D eigenvalue weighted by Gasteiger charge is -2.80. The molecule has 38 heavy (non-hydrogen) atoms. The summed E-state index contributed by atoms with van der Waals surface area (Å²) in [6.07, 6.45) is 2.52. The highest BCUT2D eigenvalue weighted by Gasteiger charge is 2.85. The Bertz CT molecular complexity index is 1090. The van der Waals surface area contributed by atoms with Crippen molar-refractivity contribution in [3.8, 4) is 0 Å². The zero-order valence-corrected chi connectivity index (χ0v) is 26.6. The summed E-state index contributed by atoms with van der Waals surface area (Å²) in [5.41, 5.74) is 0.263. The van der Waals surface area contributed by atoms with E-state index in [0.29, 0.717) is 25.7 Å². The normalized spacial score (nSPS) is 60.9. The predicted molar refractivity (Wildman–Crippen MR) is 151 cm³/mol. The van der Waals surface area contributed by atoms with Crippen molar-refractivity contribution in [1.82, 2.24) is 0 Å². The van der Waals surface area contributed by atoms with Gasteiger partial charge in [0.05, 0.1) is 32.7 Å². The topological polar surface area (TPSA) is 55.4 Å². The highest BCUT2D eigenvalue weighted by atomic mass is 31.0. The lowest BCUT2D eigenvalue weighted by molar-refractivity contribution is -0.535. The first-order valence-electron chi connectivity index (χ1n) is 14.0. The van der Waals surface area contributed by atoms with E-state index in [1.807, 2.05) is 0 Å². The molecule has 8 aliphatic rings. The van der Waals surface area contributed by atoms with Crippen molar-refractivity contribution in [2.45, 2.75) is 150 Å². The van der Waals surface area contributed by atoms with Gasteiger partial charge in [0.15, 0.2) is 23.1 Å². The van der Waals surface area contributed by atoms with Crippen LogP contribution < -0.4 is 0 Å². The molecular weight excluding hydrogens is 518 g/mol. The summed E-state index contributed by atoms with van der Waals surface area (Å²) >= 11 is 0. The molecule has 8 fully saturated rings. The van der Waals surface area contributed by atoms with E-state index in [0.717, 1.165) is 0 Å². The Labute approximate surface area is 231 Å². The zero-order valence-electron chi connectivity index (χ0n) is 24.3. The van der Waals surface area contributed by atoms with Gasteiger partial charge in [-0.25, -0.2) is 0 Å². The first-order valence-corrected chi connectivity index (χ1v) is 15.2. The lowest BCUT2D eigenvalue weighted by Crippen LogP contribution is -2.90. The molecule has 210 valence electrons. The largest absolute Gasteiger partial charge is 0.343 e. The molecule has 0 saturated carbocycles. The van der Waals surface area contributed by atoms with Gasteiger partial charge in [0.2, 0.25) is 0 Å². The summed E-state index contributed by atoms with van der Waals surface area (Å²) in [6.45, 7) is 19.6. The molecule has 0 aliphatic carbocycles. The molecule has 0 spiro atoms. The van der Waals surface area contributed by atoms with Gasteiger partial charge in [0.25, 0.3) is 0 Å². The van der Waals surface area contributed by atoms with Crippen LogP contribution in [0.5, 0.6) is 0 Å². The van der Waals surface area contributed by atoms with Gasteiger partial charge in [-0.1, -0.05) is 24.3 Å². The molecule has 0 aromatic heterocycles. The van der Waals surface area contributed by atoms with E-state index in [9.17, 15) is 0 Å². The van der Waals surface area contributed by atoms with Crippen molar-refractivity contribution >= 4 is 18.5 Å². The van der Waals surface area contributed by atoms with Crippen LogP contribution in [0.3, 0.4) is 0 Å². The van der Waals surface area contributed by atoms with Crippen molar-refractivity contribution in [3.05, 3.63) is 35.4 Å². The Morgan fingerprint density at radius 3 is 1.18 bits per heavy atom. The van der Waals surface area contributed by atoms with Gasteiger partial charge in [0.1, 0.15) is 0 Å². The summed E-state index contributed by atoms with van der Waals surface area (Å²) in [6, 6.07) is 8.77. The first kappa shape index (κ1) is 26.7. The fourth-order valence-electron chi connectivity index (χ4n) is 10.8. The molecule has 0 amide bonds. The van der Waals surface area contributed by atoms with Crippen LogP contribution in [-0.2, 0) is 28.4 Å². The average molecular weight is 563 g/mol. The van der Waals surface area contributed by atoms with Crippen LogP contribution in [0, 0.1) is 6.92 Å². The van der Waals surface area contributed by atoms with E-state index < -0.39 is 55.9 Å². The summed E-state index contributed by atoms with van der Waals surface area (Å²) < 4.78 is 41.0. The molecule has 10 atom stereocenters. The zero-order chi connectivity index (χ0) is 27.6. The number of rotatable bonds is 3. The van der Waals surface area contributed by atoms with Crippen LogP contribution in [0.25, 0.3) is 0 Å². The fourth-order valence-corrected chi connectivity index (χ4v) is 12.5. The molecule has 1 aromatic rings. The molecule has 1 aromatic carbocycles. The molecule has 9 rings (SSSR count). The van der Waals surface area contributed by atoms with Gasteiger partial charge in [-0.15, -0.1) is 18.5 Å². The monoisotopic (exact) mass is 562 g/mol. The maximum atomic E-state index is 7.04. The second-order valence-electron chi connectivity index (χ2n) is 14.8. The smallest absolute Gasteiger partial charge is 0.172 e. The summed E-state index contributed by atoms with van der Waals surface area (Å²) in [5.74, 6) is -2.93. The fraction of sp³-hybridized carbons (Fsp3) is 0.800. The first-order chi connectivity index (χ1) is 17.2. The quantitative estimate of drug-likeness (QED) is 0.425. The molecule has 10 unspecified atom stereocenters. The SMILES string of the molecule is Cc1ccccc1C(C1(P)C2(C)CC3(C)OC(C)(CC1(C)O3)O2)C1(P)C2(C)CC3(C)OC(C)(CC1(C)O3)O2. The Morgan fingerprint density at radius 2 is 0.868 bits per heavy atom. The standard InChI is InChI=1S/C30H44O6P2/c1-18-12-10-11-13-19(18)20(29(37)21(2)14-25(6)32-22(29,3)15-26(7,31-21)35-25)30(38)23(4)16-27(8)34-24(30,5)17-28(9,33-23)36-27/h10-13,20H,14-17,37-38H2,1-9H3. The highest BCUT2D eigenvalue weighted by molar-refractivity contribution is 7.21. The van der Waals surface area contributed by atoms with Crippen LogP contribution in [-0.4, -0.2) is 55.9 Å². The van der Waals surface area contributed by atoms with Crippen molar-refractivity contribution in [1.29, 1.82) is 0 Å². The molecule has 0 radical (unpaired) electrons. The number of ether oxygens (including phenoxy) is 6. The second-order valence-corrected chi connectivity index (χ2v) is 16.6. The van der Waals surface area contributed by atoms with Crippen LogP contribution in [0.2, 0.25) is 0 Å². The third-order valence-corrected chi connectivity index (χ3v) is 14.3. The summed E-state index contributed by atoms with van der Waals surface area (Å²) in [4.78, 5) is 0. The summed E-state index contributed by atoms with van der Waals surface area (Å²) in [7, 11) is 6.67. The second kappa shape index (κ2) is 6.90. The Balaban J connectivity index is 1.53. The Hall–Kier alpha value is -0.160. The van der Waals surface area contributed by atoms with E-state index in [2.05, 4.69) is 105 Å².